The standard InChI is InChI=1S/C10H7Cl2NO2/c1-15-10(14)6-2-7(4-11)8(5-13)9(12)3-6/h2-3H,4H2,1H3. The molecule has 15 heavy (non-hydrogen) atoms. The summed E-state index contributed by atoms with van der Waals surface area (Å²) in [6.45, 7) is 0. The average Bonchev–Trinajstić information content (AvgIpc) is 2.26. The van der Waals surface area contributed by atoms with Crippen LogP contribution in [0.25, 0.3) is 0 Å². The molecule has 1 aromatic carbocycles. The summed E-state index contributed by atoms with van der Waals surface area (Å²) >= 11 is 11.5. The summed E-state index contributed by atoms with van der Waals surface area (Å²) < 4.78 is 4.54. The van der Waals surface area contributed by atoms with Crippen LogP contribution in [0.15, 0.2) is 12.1 Å². The zero-order valence-corrected chi connectivity index (χ0v) is 9.39. The number of esters is 1. The molecule has 78 valence electrons. The molecule has 3 nitrogen and oxygen atoms in total. The third-order valence-electron chi connectivity index (χ3n) is 1.85. The lowest BCUT2D eigenvalue weighted by atomic mass is 10.1. The predicted octanol–water partition coefficient (Wildman–Crippen LogP) is 2.74. The summed E-state index contributed by atoms with van der Waals surface area (Å²) in [6, 6.07) is 4.82. The number of halogens is 2. The number of rotatable bonds is 2. The van der Waals surface area contributed by atoms with E-state index in [-0.39, 0.29) is 16.5 Å². The van der Waals surface area contributed by atoms with E-state index in [2.05, 4.69) is 4.74 Å². The highest BCUT2D eigenvalue weighted by molar-refractivity contribution is 6.32. The van der Waals surface area contributed by atoms with Gasteiger partial charge in [-0.05, 0) is 17.7 Å². The van der Waals surface area contributed by atoms with E-state index in [4.69, 9.17) is 28.5 Å². The van der Waals surface area contributed by atoms with Crippen molar-refractivity contribution in [1.82, 2.24) is 0 Å². The van der Waals surface area contributed by atoms with Gasteiger partial charge in [-0.1, -0.05) is 11.6 Å². The number of alkyl halides is 1. The second-order valence-corrected chi connectivity index (χ2v) is 3.40. The molecule has 0 fully saturated rings. The van der Waals surface area contributed by atoms with Crippen LogP contribution in [0.1, 0.15) is 21.5 Å². The lowest BCUT2D eigenvalue weighted by molar-refractivity contribution is 0.0600. The van der Waals surface area contributed by atoms with Crippen molar-refractivity contribution in [2.24, 2.45) is 0 Å². The van der Waals surface area contributed by atoms with Crippen LogP contribution in [0, 0.1) is 11.3 Å². The van der Waals surface area contributed by atoms with Gasteiger partial charge in [-0.2, -0.15) is 5.26 Å². The van der Waals surface area contributed by atoms with E-state index in [0.29, 0.717) is 11.1 Å². The van der Waals surface area contributed by atoms with E-state index in [0.717, 1.165) is 0 Å². The molecule has 0 unspecified atom stereocenters. The Bertz CT molecular complexity index is 438. The number of nitrogens with zero attached hydrogens (tertiary/aromatic N) is 1. The Labute approximate surface area is 97.2 Å². The number of nitriles is 1. The van der Waals surface area contributed by atoms with Gasteiger partial charge in [0.25, 0.3) is 0 Å². The Morgan fingerprint density at radius 2 is 2.27 bits per heavy atom. The normalized spacial score (nSPS) is 9.47. The number of hydrogen-bond acceptors (Lipinski definition) is 3. The zero-order chi connectivity index (χ0) is 11.4. The summed E-state index contributed by atoms with van der Waals surface area (Å²) in [5.41, 5.74) is 1.10. The second-order valence-electron chi connectivity index (χ2n) is 2.73. The zero-order valence-electron chi connectivity index (χ0n) is 7.88. The molecular formula is C10H7Cl2NO2. The molecule has 1 aromatic rings. The quantitative estimate of drug-likeness (QED) is 0.593. The molecule has 0 bridgehead atoms. The monoisotopic (exact) mass is 243 g/mol. The van der Waals surface area contributed by atoms with Gasteiger partial charge in [0.15, 0.2) is 0 Å². The molecule has 0 saturated heterocycles. The van der Waals surface area contributed by atoms with Gasteiger partial charge in [0.2, 0.25) is 0 Å². The molecule has 1 rings (SSSR count). The average molecular weight is 244 g/mol. The molecule has 0 N–H and O–H groups in total. The first-order valence-corrected chi connectivity index (χ1v) is 4.92. The highest BCUT2D eigenvalue weighted by atomic mass is 35.5. The van der Waals surface area contributed by atoms with Crippen LogP contribution in [0.3, 0.4) is 0 Å². The van der Waals surface area contributed by atoms with Crippen molar-refractivity contribution in [2.45, 2.75) is 5.88 Å². The van der Waals surface area contributed by atoms with Crippen LogP contribution < -0.4 is 0 Å². The lowest BCUT2D eigenvalue weighted by Gasteiger charge is -2.05. The first-order chi connectivity index (χ1) is 7.13. The Hall–Kier alpha value is -1.24. The van der Waals surface area contributed by atoms with Crippen molar-refractivity contribution in [3.8, 4) is 6.07 Å². The first-order valence-electron chi connectivity index (χ1n) is 4.00. The minimum absolute atomic E-state index is 0.118. The van der Waals surface area contributed by atoms with E-state index in [9.17, 15) is 4.79 Å². The van der Waals surface area contributed by atoms with Gasteiger partial charge < -0.3 is 4.74 Å². The number of ether oxygens (including phenoxy) is 1. The van der Waals surface area contributed by atoms with Crippen molar-refractivity contribution in [2.75, 3.05) is 7.11 Å². The van der Waals surface area contributed by atoms with Crippen molar-refractivity contribution in [1.29, 1.82) is 5.26 Å². The number of carbonyl (C=O) groups is 1. The fraction of sp³-hybridized carbons (Fsp3) is 0.200. The Balaban J connectivity index is 3.33. The molecule has 0 aliphatic rings. The van der Waals surface area contributed by atoms with E-state index >= 15 is 0 Å². The smallest absolute Gasteiger partial charge is 0.337 e. The molecule has 0 aromatic heterocycles. The van der Waals surface area contributed by atoms with Crippen molar-refractivity contribution in [3.05, 3.63) is 33.8 Å². The highest BCUT2D eigenvalue weighted by Gasteiger charge is 2.13. The van der Waals surface area contributed by atoms with E-state index in [1.54, 1.807) is 0 Å². The molecule has 0 spiro atoms. The summed E-state index contributed by atoms with van der Waals surface area (Å²) in [4.78, 5) is 11.2. The highest BCUT2D eigenvalue weighted by Crippen LogP contribution is 2.23. The molecule has 0 radical (unpaired) electrons. The Morgan fingerprint density at radius 3 is 2.73 bits per heavy atom. The van der Waals surface area contributed by atoms with Crippen LogP contribution in [0.5, 0.6) is 0 Å². The number of methoxy groups -OCH3 is 1. The van der Waals surface area contributed by atoms with E-state index < -0.39 is 5.97 Å². The van der Waals surface area contributed by atoms with Gasteiger partial charge in [-0.3, -0.25) is 0 Å². The van der Waals surface area contributed by atoms with E-state index in [1.807, 2.05) is 6.07 Å². The van der Waals surface area contributed by atoms with Gasteiger partial charge in [0.05, 0.1) is 23.3 Å². The summed E-state index contributed by atoms with van der Waals surface area (Å²) in [7, 11) is 1.27. The van der Waals surface area contributed by atoms with Gasteiger partial charge in [0.1, 0.15) is 6.07 Å². The summed E-state index contributed by atoms with van der Waals surface area (Å²) in [5, 5.41) is 9.01. The molecule has 5 heteroatoms. The molecule has 0 amide bonds. The fourth-order valence-corrected chi connectivity index (χ4v) is 1.62. The van der Waals surface area contributed by atoms with Crippen molar-refractivity contribution in [3.63, 3.8) is 0 Å². The molecule has 0 saturated carbocycles. The summed E-state index contributed by atoms with van der Waals surface area (Å²) in [5.74, 6) is -0.388. The largest absolute Gasteiger partial charge is 0.465 e. The number of carbonyl (C=O) groups excluding carboxylic acids is 1. The Kier molecular flexibility index (Phi) is 3.96. The molecule has 0 aliphatic carbocycles. The maximum atomic E-state index is 11.2. The predicted molar refractivity (Wildman–Crippen MR) is 57.1 cm³/mol. The van der Waals surface area contributed by atoms with Gasteiger partial charge in [-0.15, -0.1) is 11.6 Å². The molecule has 0 heterocycles. The maximum absolute atomic E-state index is 11.2. The van der Waals surface area contributed by atoms with E-state index in [1.165, 1.54) is 19.2 Å². The minimum atomic E-state index is -0.507. The topological polar surface area (TPSA) is 50.1 Å². The molecule has 0 aliphatic heterocycles. The SMILES string of the molecule is COC(=O)c1cc(Cl)c(C#N)c(CCl)c1. The second kappa shape index (κ2) is 5.01. The van der Waals surface area contributed by atoms with Crippen LogP contribution in [-0.2, 0) is 10.6 Å². The van der Waals surface area contributed by atoms with Gasteiger partial charge in [0, 0.05) is 5.88 Å². The third kappa shape index (κ3) is 2.41. The summed E-state index contributed by atoms with van der Waals surface area (Å²) in [6.07, 6.45) is 0. The maximum Gasteiger partial charge on any atom is 0.337 e. The minimum Gasteiger partial charge on any atom is -0.465 e. The molecular weight excluding hydrogens is 237 g/mol. The molecule has 0 atom stereocenters. The van der Waals surface area contributed by atoms with Crippen LogP contribution >= 0.6 is 23.2 Å². The van der Waals surface area contributed by atoms with Gasteiger partial charge in [-0.25, -0.2) is 4.79 Å². The van der Waals surface area contributed by atoms with Crippen molar-refractivity contribution < 1.29 is 9.53 Å². The van der Waals surface area contributed by atoms with Crippen LogP contribution in [0.4, 0.5) is 0 Å². The third-order valence-corrected chi connectivity index (χ3v) is 2.43. The van der Waals surface area contributed by atoms with Gasteiger partial charge >= 0.3 is 5.97 Å². The number of hydrogen-bond donors (Lipinski definition) is 0. The van der Waals surface area contributed by atoms with Crippen LogP contribution in [-0.4, -0.2) is 13.1 Å². The first kappa shape index (κ1) is 11.8. The van der Waals surface area contributed by atoms with Crippen molar-refractivity contribution >= 4 is 29.2 Å². The van der Waals surface area contributed by atoms with Crippen LogP contribution in [0.2, 0.25) is 5.02 Å². The number of benzene rings is 1. The lowest BCUT2D eigenvalue weighted by Crippen LogP contribution is -2.03. The fourth-order valence-electron chi connectivity index (χ4n) is 1.13. The Morgan fingerprint density at radius 1 is 1.60 bits per heavy atom.